The highest BCUT2D eigenvalue weighted by atomic mass is 35.5. The summed E-state index contributed by atoms with van der Waals surface area (Å²) in [6.07, 6.45) is 10.3. The van der Waals surface area contributed by atoms with Crippen molar-refractivity contribution in [1.29, 1.82) is 0 Å². The smallest absolute Gasteiger partial charge is 0.124 e. The molecule has 0 radical (unpaired) electrons. The molecule has 3 heteroatoms. The Morgan fingerprint density at radius 2 is 1.95 bits per heavy atom. The SMILES string of the molecule is CNC(Cc1ccc(F)cc1Cl)CC1CCCCCC1. The predicted molar refractivity (Wildman–Crippen MR) is 83.8 cm³/mol. The van der Waals surface area contributed by atoms with Crippen molar-refractivity contribution in [2.24, 2.45) is 5.92 Å². The second kappa shape index (κ2) is 7.99. The van der Waals surface area contributed by atoms with Crippen molar-refractivity contribution >= 4 is 11.6 Å². The number of nitrogens with one attached hydrogen (secondary N) is 1. The summed E-state index contributed by atoms with van der Waals surface area (Å²) < 4.78 is 13.1. The minimum Gasteiger partial charge on any atom is -0.317 e. The van der Waals surface area contributed by atoms with Gasteiger partial charge in [0.25, 0.3) is 0 Å². The normalized spacial score (nSPS) is 18.8. The third-order valence-electron chi connectivity index (χ3n) is 4.48. The van der Waals surface area contributed by atoms with E-state index in [2.05, 4.69) is 5.32 Å². The molecular formula is C17H25ClFN. The van der Waals surface area contributed by atoms with Gasteiger partial charge in [-0.05, 0) is 43.5 Å². The van der Waals surface area contributed by atoms with Gasteiger partial charge in [0.05, 0.1) is 0 Å². The van der Waals surface area contributed by atoms with Gasteiger partial charge in [0, 0.05) is 11.1 Å². The van der Waals surface area contributed by atoms with Crippen LogP contribution >= 0.6 is 11.6 Å². The van der Waals surface area contributed by atoms with E-state index >= 15 is 0 Å². The largest absolute Gasteiger partial charge is 0.317 e. The van der Waals surface area contributed by atoms with Crippen molar-refractivity contribution in [2.45, 2.75) is 57.4 Å². The fraction of sp³-hybridized carbons (Fsp3) is 0.647. The van der Waals surface area contributed by atoms with Crippen LogP contribution < -0.4 is 5.32 Å². The van der Waals surface area contributed by atoms with Gasteiger partial charge in [0.1, 0.15) is 5.82 Å². The van der Waals surface area contributed by atoms with Crippen molar-refractivity contribution in [3.63, 3.8) is 0 Å². The Hall–Kier alpha value is -0.600. The molecule has 0 saturated heterocycles. The molecular weight excluding hydrogens is 273 g/mol. The van der Waals surface area contributed by atoms with E-state index in [1.54, 1.807) is 0 Å². The van der Waals surface area contributed by atoms with Crippen LogP contribution in [-0.2, 0) is 6.42 Å². The Labute approximate surface area is 126 Å². The van der Waals surface area contributed by atoms with Crippen molar-refractivity contribution < 1.29 is 4.39 Å². The minimum atomic E-state index is -0.261. The molecule has 0 bridgehead atoms. The molecule has 1 nitrogen and oxygen atoms in total. The molecule has 0 amide bonds. The molecule has 20 heavy (non-hydrogen) atoms. The van der Waals surface area contributed by atoms with Gasteiger partial charge in [-0.3, -0.25) is 0 Å². The first-order chi connectivity index (χ1) is 9.69. The Morgan fingerprint density at radius 1 is 1.25 bits per heavy atom. The van der Waals surface area contributed by atoms with Crippen molar-refractivity contribution in [3.8, 4) is 0 Å². The zero-order valence-corrected chi connectivity index (χ0v) is 13.1. The average molecular weight is 298 g/mol. The van der Waals surface area contributed by atoms with E-state index in [-0.39, 0.29) is 5.82 Å². The zero-order valence-electron chi connectivity index (χ0n) is 12.3. The van der Waals surface area contributed by atoms with Crippen LogP contribution in [-0.4, -0.2) is 13.1 Å². The maximum Gasteiger partial charge on any atom is 0.124 e. The van der Waals surface area contributed by atoms with Gasteiger partial charge in [0.15, 0.2) is 0 Å². The van der Waals surface area contributed by atoms with Gasteiger partial charge in [-0.1, -0.05) is 56.2 Å². The molecule has 1 atom stereocenters. The summed E-state index contributed by atoms with van der Waals surface area (Å²) in [7, 11) is 2.01. The fourth-order valence-electron chi connectivity index (χ4n) is 3.26. The van der Waals surface area contributed by atoms with Crippen LogP contribution in [0.1, 0.15) is 50.5 Å². The summed E-state index contributed by atoms with van der Waals surface area (Å²) in [5.74, 6) is 0.567. The minimum absolute atomic E-state index is 0.261. The first-order valence-corrected chi connectivity index (χ1v) is 8.18. The molecule has 2 rings (SSSR count). The van der Waals surface area contributed by atoms with Gasteiger partial charge < -0.3 is 5.32 Å². The van der Waals surface area contributed by atoms with Crippen LogP contribution in [0, 0.1) is 11.7 Å². The molecule has 0 aromatic heterocycles. The van der Waals surface area contributed by atoms with E-state index in [0.717, 1.165) is 17.9 Å². The Morgan fingerprint density at radius 3 is 2.55 bits per heavy atom. The summed E-state index contributed by atoms with van der Waals surface area (Å²) in [4.78, 5) is 0. The van der Waals surface area contributed by atoms with E-state index in [4.69, 9.17) is 11.6 Å². The van der Waals surface area contributed by atoms with Gasteiger partial charge in [-0.15, -0.1) is 0 Å². The fourth-order valence-corrected chi connectivity index (χ4v) is 3.50. The molecule has 0 spiro atoms. The Bertz CT molecular complexity index is 413. The molecule has 1 N–H and O–H groups in total. The van der Waals surface area contributed by atoms with Crippen LogP contribution in [0.2, 0.25) is 5.02 Å². The first kappa shape index (κ1) is 15.8. The number of rotatable bonds is 5. The number of hydrogen-bond donors (Lipinski definition) is 1. The second-order valence-corrected chi connectivity index (χ2v) is 6.43. The maximum atomic E-state index is 13.1. The van der Waals surface area contributed by atoms with Crippen molar-refractivity contribution in [3.05, 3.63) is 34.6 Å². The van der Waals surface area contributed by atoms with Crippen LogP contribution in [0.15, 0.2) is 18.2 Å². The summed E-state index contributed by atoms with van der Waals surface area (Å²) in [6.45, 7) is 0. The molecule has 1 aromatic carbocycles. The second-order valence-electron chi connectivity index (χ2n) is 6.02. The molecule has 1 aliphatic carbocycles. The molecule has 1 aliphatic rings. The van der Waals surface area contributed by atoms with Gasteiger partial charge in [0.2, 0.25) is 0 Å². The molecule has 112 valence electrons. The molecule has 1 fully saturated rings. The van der Waals surface area contributed by atoms with Crippen LogP contribution in [0.25, 0.3) is 0 Å². The topological polar surface area (TPSA) is 12.0 Å². The van der Waals surface area contributed by atoms with Crippen LogP contribution in [0.3, 0.4) is 0 Å². The lowest BCUT2D eigenvalue weighted by Crippen LogP contribution is -2.30. The summed E-state index contributed by atoms with van der Waals surface area (Å²) >= 11 is 6.13. The van der Waals surface area contributed by atoms with E-state index in [0.29, 0.717) is 11.1 Å². The van der Waals surface area contributed by atoms with Gasteiger partial charge >= 0.3 is 0 Å². The first-order valence-electron chi connectivity index (χ1n) is 7.80. The van der Waals surface area contributed by atoms with Crippen molar-refractivity contribution in [2.75, 3.05) is 7.05 Å². The van der Waals surface area contributed by atoms with Crippen LogP contribution in [0.5, 0.6) is 0 Å². The van der Waals surface area contributed by atoms with E-state index in [1.165, 1.54) is 57.1 Å². The Balaban J connectivity index is 1.93. The standard InChI is InChI=1S/C17H25ClFN/c1-20-16(10-13-6-4-2-3-5-7-13)11-14-8-9-15(19)12-17(14)18/h8-9,12-13,16,20H,2-7,10-11H2,1H3. The van der Waals surface area contributed by atoms with E-state index in [1.807, 2.05) is 13.1 Å². The zero-order chi connectivity index (χ0) is 14.4. The molecule has 0 heterocycles. The third kappa shape index (κ3) is 4.75. The monoisotopic (exact) mass is 297 g/mol. The number of hydrogen-bond acceptors (Lipinski definition) is 1. The predicted octanol–water partition coefficient (Wildman–Crippen LogP) is 4.97. The lowest BCUT2D eigenvalue weighted by Gasteiger charge is -2.23. The molecule has 1 aromatic rings. The highest BCUT2D eigenvalue weighted by Crippen LogP contribution is 2.28. The van der Waals surface area contributed by atoms with Crippen LogP contribution in [0.4, 0.5) is 4.39 Å². The van der Waals surface area contributed by atoms with Crippen molar-refractivity contribution in [1.82, 2.24) is 5.32 Å². The van der Waals surface area contributed by atoms with E-state index in [9.17, 15) is 4.39 Å². The molecule has 0 aliphatic heterocycles. The number of benzene rings is 1. The number of halogens is 2. The highest BCUT2D eigenvalue weighted by Gasteiger charge is 2.18. The third-order valence-corrected chi connectivity index (χ3v) is 4.83. The molecule has 1 saturated carbocycles. The summed E-state index contributed by atoms with van der Waals surface area (Å²) in [5, 5.41) is 3.96. The lowest BCUT2D eigenvalue weighted by atomic mass is 9.90. The quantitative estimate of drug-likeness (QED) is 0.757. The molecule has 1 unspecified atom stereocenters. The summed E-state index contributed by atoms with van der Waals surface area (Å²) in [6, 6.07) is 5.16. The Kier molecular flexibility index (Phi) is 6.31. The van der Waals surface area contributed by atoms with E-state index < -0.39 is 0 Å². The number of likely N-dealkylation sites (N-methyl/N-ethyl adjacent to an activating group) is 1. The lowest BCUT2D eigenvalue weighted by molar-refractivity contribution is 0.361. The van der Waals surface area contributed by atoms with Gasteiger partial charge in [-0.25, -0.2) is 4.39 Å². The maximum absolute atomic E-state index is 13.1. The summed E-state index contributed by atoms with van der Waals surface area (Å²) in [5.41, 5.74) is 1.04. The van der Waals surface area contributed by atoms with Gasteiger partial charge in [-0.2, -0.15) is 0 Å². The highest BCUT2D eigenvalue weighted by molar-refractivity contribution is 6.31. The average Bonchev–Trinajstić information content (AvgIpc) is 2.69.